The summed E-state index contributed by atoms with van der Waals surface area (Å²) in [6.07, 6.45) is 2.78. The van der Waals surface area contributed by atoms with Gasteiger partial charge in [-0.2, -0.15) is 0 Å². The van der Waals surface area contributed by atoms with E-state index >= 15 is 0 Å². The van der Waals surface area contributed by atoms with E-state index < -0.39 is 0 Å². The molecule has 4 heteroatoms. The quantitative estimate of drug-likeness (QED) is 0.573. The molecule has 2 unspecified atom stereocenters. The third-order valence-electron chi connectivity index (χ3n) is 2.90. The van der Waals surface area contributed by atoms with Gasteiger partial charge >= 0.3 is 0 Å². The van der Waals surface area contributed by atoms with Crippen molar-refractivity contribution in [2.75, 3.05) is 13.2 Å². The molecule has 0 aliphatic rings. The third kappa shape index (κ3) is 8.16. The highest BCUT2D eigenvalue weighted by atomic mass is 16.3. The molecular weight excluding hydrogens is 216 g/mol. The number of carbonyl (C=O) groups is 1. The number of aliphatic hydroxyl groups is 1. The molecule has 0 aromatic carbocycles. The van der Waals surface area contributed by atoms with Crippen LogP contribution < -0.4 is 10.6 Å². The maximum absolute atomic E-state index is 11.6. The van der Waals surface area contributed by atoms with E-state index in [4.69, 9.17) is 5.11 Å². The predicted molar refractivity (Wildman–Crippen MR) is 70.8 cm³/mol. The Balaban J connectivity index is 3.87. The number of hydrogen-bond acceptors (Lipinski definition) is 3. The zero-order valence-corrected chi connectivity index (χ0v) is 11.6. The van der Waals surface area contributed by atoms with Crippen molar-refractivity contribution in [2.45, 2.75) is 59.0 Å². The second kappa shape index (κ2) is 9.42. The summed E-state index contributed by atoms with van der Waals surface area (Å²) in [5.74, 6) is 0.456. The molecule has 0 fully saturated rings. The molecule has 0 rings (SSSR count). The van der Waals surface area contributed by atoms with E-state index in [2.05, 4.69) is 31.4 Å². The molecule has 0 radical (unpaired) electrons. The van der Waals surface area contributed by atoms with Crippen LogP contribution in [0.1, 0.15) is 47.0 Å². The highest BCUT2D eigenvalue weighted by Gasteiger charge is 2.14. The van der Waals surface area contributed by atoms with E-state index in [1.807, 2.05) is 6.92 Å². The van der Waals surface area contributed by atoms with Crippen molar-refractivity contribution in [3.63, 3.8) is 0 Å². The predicted octanol–water partition coefficient (Wildman–Crippen LogP) is 1.29. The molecule has 0 aliphatic heterocycles. The van der Waals surface area contributed by atoms with Crippen molar-refractivity contribution in [1.29, 1.82) is 0 Å². The molecule has 0 aliphatic carbocycles. The van der Waals surface area contributed by atoms with Gasteiger partial charge in [0.05, 0.1) is 6.54 Å². The minimum Gasteiger partial charge on any atom is -0.396 e. The normalized spacial score (nSPS) is 14.7. The average molecular weight is 244 g/mol. The van der Waals surface area contributed by atoms with Crippen molar-refractivity contribution in [3.05, 3.63) is 0 Å². The summed E-state index contributed by atoms with van der Waals surface area (Å²) in [6, 6.07) is 0.442. The summed E-state index contributed by atoms with van der Waals surface area (Å²) in [6.45, 7) is 8.79. The number of carbonyl (C=O) groups excluding carboxylic acids is 1. The highest BCUT2D eigenvalue weighted by Crippen LogP contribution is 2.04. The largest absolute Gasteiger partial charge is 0.396 e. The molecular formula is C13H28N2O2. The van der Waals surface area contributed by atoms with Crippen LogP contribution in [-0.2, 0) is 4.79 Å². The second-order valence-corrected chi connectivity index (χ2v) is 5.00. The van der Waals surface area contributed by atoms with Gasteiger partial charge in [0.15, 0.2) is 0 Å². The Morgan fingerprint density at radius 3 is 2.35 bits per heavy atom. The number of aliphatic hydroxyl groups excluding tert-OH is 1. The Kier molecular flexibility index (Phi) is 9.09. The lowest BCUT2D eigenvalue weighted by atomic mass is 10.0. The fourth-order valence-corrected chi connectivity index (χ4v) is 1.87. The first-order chi connectivity index (χ1) is 8.01. The van der Waals surface area contributed by atoms with E-state index in [-0.39, 0.29) is 24.6 Å². The van der Waals surface area contributed by atoms with Gasteiger partial charge in [-0.05, 0) is 25.7 Å². The monoisotopic (exact) mass is 244 g/mol. The highest BCUT2D eigenvalue weighted by molar-refractivity contribution is 5.78. The van der Waals surface area contributed by atoms with Gasteiger partial charge in [0, 0.05) is 18.7 Å². The smallest absolute Gasteiger partial charge is 0.234 e. The standard InChI is InChI=1S/C13H28N2O2/c1-5-6-11(4)15-13(17)9-14-12(7-8-16)10(2)3/h10-12,14,16H,5-9H2,1-4H3,(H,15,17). The molecule has 0 saturated heterocycles. The molecule has 1 amide bonds. The lowest BCUT2D eigenvalue weighted by Crippen LogP contribution is -2.44. The van der Waals surface area contributed by atoms with Crippen molar-refractivity contribution < 1.29 is 9.90 Å². The van der Waals surface area contributed by atoms with E-state index in [0.29, 0.717) is 18.9 Å². The number of nitrogens with one attached hydrogen (secondary N) is 2. The van der Waals surface area contributed by atoms with Crippen LogP contribution in [0.3, 0.4) is 0 Å². The number of rotatable bonds is 9. The fourth-order valence-electron chi connectivity index (χ4n) is 1.87. The third-order valence-corrected chi connectivity index (χ3v) is 2.90. The lowest BCUT2D eigenvalue weighted by Gasteiger charge is -2.22. The van der Waals surface area contributed by atoms with Gasteiger partial charge in [-0.15, -0.1) is 0 Å². The Hall–Kier alpha value is -0.610. The maximum atomic E-state index is 11.6. The lowest BCUT2D eigenvalue weighted by molar-refractivity contribution is -0.121. The van der Waals surface area contributed by atoms with Crippen molar-refractivity contribution in [2.24, 2.45) is 5.92 Å². The molecule has 0 aromatic rings. The molecule has 0 bridgehead atoms. The molecule has 2 atom stereocenters. The van der Waals surface area contributed by atoms with Gasteiger partial charge in [0.25, 0.3) is 0 Å². The van der Waals surface area contributed by atoms with Crippen LogP contribution in [-0.4, -0.2) is 36.2 Å². The van der Waals surface area contributed by atoms with Gasteiger partial charge in [-0.1, -0.05) is 27.2 Å². The van der Waals surface area contributed by atoms with Crippen molar-refractivity contribution in [3.8, 4) is 0 Å². The summed E-state index contributed by atoms with van der Waals surface area (Å²) < 4.78 is 0. The molecule has 0 heterocycles. The van der Waals surface area contributed by atoms with E-state index in [1.54, 1.807) is 0 Å². The first-order valence-corrected chi connectivity index (χ1v) is 6.64. The molecule has 17 heavy (non-hydrogen) atoms. The Bertz CT molecular complexity index is 208. The number of hydrogen-bond donors (Lipinski definition) is 3. The molecule has 0 spiro atoms. The maximum Gasteiger partial charge on any atom is 0.234 e. The first-order valence-electron chi connectivity index (χ1n) is 6.64. The van der Waals surface area contributed by atoms with Gasteiger partial charge in [0.1, 0.15) is 0 Å². The van der Waals surface area contributed by atoms with Gasteiger partial charge < -0.3 is 15.7 Å². The van der Waals surface area contributed by atoms with Crippen LogP contribution >= 0.6 is 0 Å². The zero-order valence-electron chi connectivity index (χ0n) is 11.6. The molecule has 102 valence electrons. The minimum atomic E-state index is 0.0366. The molecule has 4 nitrogen and oxygen atoms in total. The summed E-state index contributed by atoms with van der Waals surface area (Å²) in [5, 5.41) is 15.1. The summed E-state index contributed by atoms with van der Waals surface area (Å²) in [7, 11) is 0. The molecule has 0 saturated carbocycles. The second-order valence-electron chi connectivity index (χ2n) is 5.00. The summed E-state index contributed by atoms with van der Waals surface area (Å²) >= 11 is 0. The van der Waals surface area contributed by atoms with Crippen LogP contribution in [0.5, 0.6) is 0 Å². The van der Waals surface area contributed by atoms with Crippen LogP contribution in [0.2, 0.25) is 0 Å². The topological polar surface area (TPSA) is 61.4 Å². The van der Waals surface area contributed by atoms with Crippen LogP contribution in [0.4, 0.5) is 0 Å². The fraction of sp³-hybridized carbons (Fsp3) is 0.923. The molecule has 3 N–H and O–H groups in total. The average Bonchev–Trinajstić information content (AvgIpc) is 2.23. The summed E-state index contributed by atoms with van der Waals surface area (Å²) in [5.41, 5.74) is 0. The van der Waals surface area contributed by atoms with E-state index in [9.17, 15) is 4.79 Å². The minimum absolute atomic E-state index is 0.0366. The van der Waals surface area contributed by atoms with E-state index in [1.165, 1.54) is 0 Å². The van der Waals surface area contributed by atoms with Crippen molar-refractivity contribution in [1.82, 2.24) is 10.6 Å². The van der Waals surface area contributed by atoms with E-state index in [0.717, 1.165) is 12.8 Å². The first kappa shape index (κ1) is 16.4. The van der Waals surface area contributed by atoms with Crippen molar-refractivity contribution >= 4 is 5.91 Å². The molecule has 0 aromatic heterocycles. The Labute approximate surface area is 105 Å². The van der Waals surface area contributed by atoms with Crippen LogP contribution in [0, 0.1) is 5.92 Å². The zero-order chi connectivity index (χ0) is 13.3. The Morgan fingerprint density at radius 1 is 1.24 bits per heavy atom. The summed E-state index contributed by atoms with van der Waals surface area (Å²) in [4.78, 5) is 11.6. The Morgan fingerprint density at radius 2 is 1.88 bits per heavy atom. The SMILES string of the molecule is CCCC(C)NC(=O)CNC(CCO)C(C)C. The van der Waals surface area contributed by atoms with Gasteiger partial charge in [-0.3, -0.25) is 4.79 Å². The van der Waals surface area contributed by atoms with Crippen LogP contribution in [0.25, 0.3) is 0 Å². The van der Waals surface area contributed by atoms with Crippen LogP contribution in [0.15, 0.2) is 0 Å². The van der Waals surface area contributed by atoms with Gasteiger partial charge in [-0.25, -0.2) is 0 Å². The number of amides is 1. The van der Waals surface area contributed by atoms with Gasteiger partial charge in [0.2, 0.25) is 5.91 Å².